The molecule has 0 saturated carbocycles. The fraction of sp³-hybridized carbons (Fsp3) is 0.222. The van der Waals surface area contributed by atoms with Crippen molar-refractivity contribution in [3.63, 3.8) is 0 Å². The molecule has 2 heterocycles. The summed E-state index contributed by atoms with van der Waals surface area (Å²) in [4.78, 5) is 82.2. The van der Waals surface area contributed by atoms with E-state index in [0.29, 0.717) is 0 Å². The molecule has 8 rings (SSSR count). The molecule has 17 nitrogen and oxygen atoms in total. The highest BCUT2D eigenvalue weighted by atomic mass is 16.8. The van der Waals surface area contributed by atoms with E-state index < -0.39 is 110 Å². The highest BCUT2D eigenvalue weighted by Gasteiger charge is 2.57. The van der Waals surface area contributed by atoms with Crippen molar-refractivity contribution in [2.24, 2.45) is 0 Å². The minimum absolute atomic E-state index is 0.0151. The van der Waals surface area contributed by atoms with Crippen LogP contribution in [0.3, 0.4) is 0 Å². The second-order valence-corrected chi connectivity index (χ2v) is 16.1. The predicted molar refractivity (Wildman–Crippen MR) is 246 cm³/mol. The molecule has 2 aliphatic heterocycles. The number of hydrogen-bond donors (Lipinski definition) is 2. The Morgan fingerprint density at radius 2 is 0.648 bits per heavy atom. The van der Waals surface area contributed by atoms with Crippen molar-refractivity contribution in [3.8, 4) is 0 Å². The van der Waals surface area contributed by atoms with Gasteiger partial charge in [-0.15, -0.1) is 0 Å². The summed E-state index contributed by atoms with van der Waals surface area (Å²) in [6.45, 7) is -1.39. The van der Waals surface area contributed by atoms with E-state index in [1.54, 1.807) is 109 Å². The van der Waals surface area contributed by atoms with Crippen LogP contribution in [0.4, 0.5) is 0 Å². The maximum Gasteiger partial charge on any atom is 0.338 e. The molecule has 0 radical (unpaired) electrons. The van der Waals surface area contributed by atoms with Gasteiger partial charge in [0.2, 0.25) is 0 Å². The van der Waals surface area contributed by atoms with Crippen molar-refractivity contribution >= 4 is 35.8 Å². The second-order valence-electron chi connectivity index (χ2n) is 16.1. The van der Waals surface area contributed by atoms with Gasteiger partial charge in [0.15, 0.2) is 37.0 Å². The van der Waals surface area contributed by atoms with Crippen LogP contribution in [0.1, 0.15) is 62.1 Å². The number of carbonyl (C=O) groups is 6. The zero-order valence-electron chi connectivity index (χ0n) is 37.5. The van der Waals surface area contributed by atoms with Crippen LogP contribution in [-0.4, -0.2) is 121 Å². The molecule has 0 spiro atoms. The molecule has 17 heteroatoms. The van der Waals surface area contributed by atoms with Crippen LogP contribution in [0.5, 0.6) is 0 Å². The van der Waals surface area contributed by atoms with Gasteiger partial charge in [-0.2, -0.15) is 0 Å². The predicted octanol–water partition coefficient (Wildman–Crippen LogP) is 5.79. The van der Waals surface area contributed by atoms with E-state index in [-0.39, 0.29) is 33.4 Å². The molecule has 0 aromatic heterocycles. The molecule has 0 aliphatic carbocycles. The van der Waals surface area contributed by atoms with Crippen molar-refractivity contribution in [3.05, 3.63) is 215 Å². The first-order chi connectivity index (χ1) is 34.5. The summed E-state index contributed by atoms with van der Waals surface area (Å²) in [5, 5.41) is 24.2. The highest BCUT2D eigenvalue weighted by Crippen LogP contribution is 2.35. The quantitative estimate of drug-likeness (QED) is 0.0864. The molecule has 2 saturated heterocycles. The van der Waals surface area contributed by atoms with E-state index in [4.69, 9.17) is 42.6 Å². The lowest BCUT2D eigenvalue weighted by atomic mass is 9.96. The van der Waals surface area contributed by atoms with Gasteiger partial charge in [0, 0.05) is 0 Å². The molecular weight excluding hydrogens is 921 g/mol. The van der Waals surface area contributed by atoms with E-state index in [1.807, 2.05) is 0 Å². The Bertz CT molecular complexity index is 2730. The van der Waals surface area contributed by atoms with Gasteiger partial charge in [0.1, 0.15) is 37.6 Å². The summed E-state index contributed by atoms with van der Waals surface area (Å²) in [7, 11) is 0. The molecular formula is C54H46O17. The summed E-state index contributed by atoms with van der Waals surface area (Å²) in [6.07, 6.45) is -18.7. The first kappa shape index (κ1) is 49.4. The van der Waals surface area contributed by atoms with E-state index in [2.05, 4.69) is 0 Å². The van der Waals surface area contributed by atoms with Crippen molar-refractivity contribution in [1.29, 1.82) is 0 Å². The van der Waals surface area contributed by atoms with Gasteiger partial charge in [-0.3, -0.25) is 0 Å². The molecule has 10 atom stereocenters. The monoisotopic (exact) mass is 966 g/mol. The normalized spacial score (nSPS) is 23.7. The van der Waals surface area contributed by atoms with Crippen LogP contribution < -0.4 is 0 Å². The minimum atomic E-state index is -2.11. The van der Waals surface area contributed by atoms with Gasteiger partial charge in [0.05, 0.1) is 33.4 Å². The molecule has 2 fully saturated rings. The summed E-state index contributed by atoms with van der Waals surface area (Å²) in [5.74, 6) is -5.55. The molecule has 2 aliphatic rings. The topological polar surface area (TPSA) is 226 Å². The van der Waals surface area contributed by atoms with Crippen LogP contribution in [0.25, 0.3) is 0 Å². The zero-order chi connectivity index (χ0) is 49.7. The third-order valence-electron chi connectivity index (χ3n) is 11.3. The summed E-state index contributed by atoms with van der Waals surface area (Å²) >= 11 is 0. The first-order valence-corrected chi connectivity index (χ1v) is 22.3. The molecule has 6 aromatic carbocycles. The van der Waals surface area contributed by atoms with Crippen molar-refractivity contribution in [1.82, 2.24) is 0 Å². The standard InChI is InChI=1S/C54H46O17/c55-41-42(67-49(58)35-23-11-3-12-24-35)39(31-63-47(56)33-19-7-1-8-20-33)66-54(44(41)69-51(60)37-27-15-5-16-28-37)71-45-43(68-50(59)36-25-13-4-14-26-36)40(32-64-48(57)34-21-9-2-10-22-34)65-53(62)46(45)70-52(61)38-29-17-6-18-30-38/h1-30,39-46,53-55,62H,31-32H2/t39-,40-,41+,42+,43+,44-,45+,46-,53-,54+/m1/s1. The Kier molecular flexibility index (Phi) is 16.3. The van der Waals surface area contributed by atoms with Crippen LogP contribution in [0.15, 0.2) is 182 Å². The van der Waals surface area contributed by atoms with Crippen molar-refractivity contribution in [2.45, 2.75) is 61.4 Å². The first-order valence-electron chi connectivity index (χ1n) is 22.3. The number of aliphatic hydroxyl groups is 2. The fourth-order valence-corrected chi connectivity index (χ4v) is 7.71. The average Bonchev–Trinajstić information content (AvgIpc) is 3.42. The smallest absolute Gasteiger partial charge is 0.338 e. The Labute approximate surface area is 406 Å². The third kappa shape index (κ3) is 12.4. The van der Waals surface area contributed by atoms with Gasteiger partial charge < -0.3 is 52.8 Å². The van der Waals surface area contributed by atoms with E-state index in [9.17, 15) is 39.0 Å². The number of aliphatic hydroxyl groups excluding tert-OH is 2. The number of carbonyl (C=O) groups excluding carboxylic acids is 6. The Balaban J connectivity index is 1.20. The summed E-state index contributed by atoms with van der Waals surface area (Å²) in [6, 6.07) is 46.6. The maximum absolute atomic E-state index is 14.0. The van der Waals surface area contributed by atoms with Gasteiger partial charge in [-0.05, 0) is 72.8 Å². The van der Waals surface area contributed by atoms with Crippen LogP contribution in [0.2, 0.25) is 0 Å². The maximum atomic E-state index is 14.0. The van der Waals surface area contributed by atoms with E-state index in [0.717, 1.165) is 0 Å². The van der Waals surface area contributed by atoms with Crippen molar-refractivity contribution < 1.29 is 81.6 Å². The van der Waals surface area contributed by atoms with Gasteiger partial charge in [-0.25, -0.2) is 28.8 Å². The lowest BCUT2D eigenvalue weighted by molar-refractivity contribution is -0.353. The Morgan fingerprint density at radius 1 is 0.352 bits per heavy atom. The van der Waals surface area contributed by atoms with Gasteiger partial charge >= 0.3 is 35.8 Å². The molecule has 2 N–H and O–H groups in total. The third-order valence-corrected chi connectivity index (χ3v) is 11.3. The fourth-order valence-electron chi connectivity index (χ4n) is 7.71. The largest absolute Gasteiger partial charge is 0.459 e. The molecule has 6 aromatic rings. The number of esters is 6. The molecule has 0 bridgehead atoms. The van der Waals surface area contributed by atoms with Gasteiger partial charge in [-0.1, -0.05) is 109 Å². The number of rotatable bonds is 16. The van der Waals surface area contributed by atoms with Crippen LogP contribution >= 0.6 is 0 Å². The highest BCUT2D eigenvalue weighted by molar-refractivity contribution is 5.92. The zero-order valence-corrected chi connectivity index (χ0v) is 37.5. The SMILES string of the molecule is O=C(OC[C@H]1O[C@@H](O[C@@H]2[C@@H](OC(=O)c3ccccc3)[C@H](O)O[C@H](COC(=O)c3ccccc3)[C@@H]2OC(=O)c2ccccc2)[C@H](OC(=O)c2ccccc2)[C@@H](O)[C@H]1OC(=O)c1ccccc1)c1ccccc1. The molecule has 71 heavy (non-hydrogen) atoms. The second kappa shape index (κ2) is 23.5. The van der Waals surface area contributed by atoms with Crippen LogP contribution in [0, 0.1) is 0 Å². The summed E-state index contributed by atoms with van der Waals surface area (Å²) < 4.78 is 54.1. The lowest BCUT2D eigenvalue weighted by Gasteiger charge is -2.47. The van der Waals surface area contributed by atoms with Gasteiger partial charge in [0.25, 0.3) is 0 Å². The molecule has 364 valence electrons. The minimum Gasteiger partial charge on any atom is -0.459 e. The lowest BCUT2D eigenvalue weighted by Crippen LogP contribution is -2.66. The van der Waals surface area contributed by atoms with E-state index >= 15 is 0 Å². The Hall–Kier alpha value is -8.06. The Morgan fingerprint density at radius 3 is 1.01 bits per heavy atom. The van der Waals surface area contributed by atoms with Crippen molar-refractivity contribution in [2.75, 3.05) is 13.2 Å². The molecule has 0 amide bonds. The van der Waals surface area contributed by atoms with E-state index in [1.165, 1.54) is 72.8 Å². The number of hydrogen-bond acceptors (Lipinski definition) is 17. The summed E-state index contributed by atoms with van der Waals surface area (Å²) in [5.41, 5.74) is 0.442. The molecule has 0 unspecified atom stereocenters. The van der Waals surface area contributed by atoms with Crippen LogP contribution in [-0.2, 0) is 42.6 Å². The number of benzene rings is 6. The average molecular weight is 967 g/mol. The number of ether oxygens (including phenoxy) is 9.